The maximum absolute atomic E-state index is 13.4. The van der Waals surface area contributed by atoms with Gasteiger partial charge < -0.3 is 0 Å². The van der Waals surface area contributed by atoms with Crippen LogP contribution in [0, 0.1) is 0 Å². The van der Waals surface area contributed by atoms with Gasteiger partial charge in [0.25, 0.3) is 19.7 Å². The molecule has 1 aliphatic rings. The molecule has 30 heavy (non-hydrogen) atoms. The minimum Gasteiger partial charge on any atom is -0.217 e. The molecule has 0 radical (unpaired) electrons. The summed E-state index contributed by atoms with van der Waals surface area (Å²) >= 11 is 0. The maximum atomic E-state index is 13.4. The van der Waals surface area contributed by atoms with Crippen molar-refractivity contribution in [1.29, 1.82) is 0 Å². The van der Waals surface area contributed by atoms with E-state index >= 15 is 0 Å². The van der Waals surface area contributed by atoms with Gasteiger partial charge in [0.05, 0.1) is 0 Å². The van der Waals surface area contributed by atoms with Crippen molar-refractivity contribution in [3.05, 3.63) is 71.8 Å². The van der Waals surface area contributed by atoms with E-state index in [1.165, 1.54) is 48.5 Å². The summed E-state index contributed by atoms with van der Waals surface area (Å²) in [4.78, 5) is 0. The topological polar surface area (TPSA) is 68.3 Å². The second-order valence-electron chi connectivity index (χ2n) is 6.41. The fourth-order valence-electron chi connectivity index (χ4n) is 3.39. The molecule has 4 nitrogen and oxygen atoms in total. The average Bonchev–Trinajstić information content (AvgIpc) is 2.60. The second kappa shape index (κ2) is 6.84. The Morgan fingerprint density at radius 3 is 1.37 bits per heavy atom. The highest BCUT2D eigenvalue weighted by Crippen LogP contribution is 2.62. The van der Waals surface area contributed by atoms with Gasteiger partial charge >= 0.3 is 11.0 Å². The van der Waals surface area contributed by atoms with Gasteiger partial charge in [-0.25, -0.2) is 16.8 Å². The Morgan fingerprint density at radius 1 is 0.633 bits per heavy atom. The highest BCUT2D eigenvalue weighted by molar-refractivity contribution is 8.12. The summed E-state index contributed by atoms with van der Waals surface area (Å²) in [7, 11) is -13.7. The predicted octanol–water partition coefficient (Wildman–Crippen LogP) is 4.57. The van der Waals surface area contributed by atoms with Gasteiger partial charge in [0.15, 0.2) is 0 Å². The zero-order chi connectivity index (χ0) is 22.6. The van der Waals surface area contributed by atoms with E-state index in [0.29, 0.717) is 0 Å². The third kappa shape index (κ3) is 2.96. The summed E-state index contributed by atoms with van der Waals surface area (Å²) in [6, 6.07) is 13.1. The normalized spacial score (nSPS) is 17.5. The van der Waals surface area contributed by atoms with Crippen molar-refractivity contribution in [3.63, 3.8) is 0 Å². The predicted molar refractivity (Wildman–Crippen MR) is 97.0 cm³/mol. The van der Waals surface area contributed by atoms with Crippen LogP contribution in [0.4, 0.5) is 26.3 Å². The molecule has 3 rings (SSSR count). The molecule has 2 aromatic rings. The summed E-state index contributed by atoms with van der Waals surface area (Å²) in [6.07, 6.45) is -1.50. The Hall–Kier alpha value is -2.34. The van der Waals surface area contributed by atoms with Crippen LogP contribution in [0.2, 0.25) is 0 Å². The molecule has 0 unspecified atom stereocenters. The first-order chi connectivity index (χ1) is 13.7. The highest BCUT2D eigenvalue weighted by Gasteiger charge is 2.77. The summed E-state index contributed by atoms with van der Waals surface area (Å²) in [5, 5.41) is 0. The molecule has 12 heteroatoms. The van der Waals surface area contributed by atoms with E-state index in [-0.39, 0.29) is 16.7 Å². The van der Waals surface area contributed by atoms with Gasteiger partial charge in [0, 0.05) is 12.0 Å². The molecule has 0 bridgehead atoms. The van der Waals surface area contributed by atoms with Gasteiger partial charge in [-0.1, -0.05) is 60.7 Å². The Bertz CT molecular complexity index is 1150. The van der Waals surface area contributed by atoms with Crippen molar-refractivity contribution < 1.29 is 43.2 Å². The number of rotatable bonds is 4. The third-order valence-electron chi connectivity index (χ3n) is 4.75. The molecule has 0 aromatic heterocycles. The largest absolute Gasteiger partial charge is 0.499 e. The summed E-state index contributed by atoms with van der Waals surface area (Å²) in [5.74, 6) is 0. The van der Waals surface area contributed by atoms with Gasteiger partial charge in [-0.3, -0.25) is 0 Å². The average molecular weight is 470 g/mol. The van der Waals surface area contributed by atoms with Gasteiger partial charge in [-0.15, -0.1) is 0 Å². The lowest BCUT2D eigenvalue weighted by atomic mass is 9.79. The van der Waals surface area contributed by atoms with Crippen LogP contribution < -0.4 is 0 Å². The summed E-state index contributed by atoms with van der Waals surface area (Å²) in [6.45, 7) is 0. The van der Waals surface area contributed by atoms with Crippen LogP contribution in [0.1, 0.15) is 17.5 Å². The molecule has 0 atom stereocenters. The number of hydrogen-bond donors (Lipinski definition) is 0. The summed E-state index contributed by atoms with van der Waals surface area (Å²) in [5.41, 5.74) is -14.0. The Morgan fingerprint density at radius 2 is 1.00 bits per heavy atom. The van der Waals surface area contributed by atoms with Crippen LogP contribution in [0.5, 0.6) is 0 Å². The van der Waals surface area contributed by atoms with Gasteiger partial charge in [-0.2, -0.15) is 26.3 Å². The van der Waals surface area contributed by atoms with Crippen molar-refractivity contribution >= 4 is 30.8 Å². The number of benzene rings is 2. The van der Waals surface area contributed by atoms with Crippen LogP contribution >= 0.6 is 0 Å². The minimum absolute atomic E-state index is 0.113. The smallest absolute Gasteiger partial charge is 0.217 e. The molecule has 0 aliphatic heterocycles. The molecule has 0 fully saturated rings. The van der Waals surface area contributed by atoms with Gasteiger partial charge in [0.1, 0.15) is 0 Å². The van der Waals surface area contributed by atoms with Crippen molar-refractivity contribution in [2.75, 3.05) is 0 Å². The number of allylic oxidation sites excluding steroid dienone is 1. The van der Waals surface area contributed by atoms with Crippen LogP contribution in [0.3, 0.4) is 0 Å². The first-order valence-corrected chi connectivity index (χ1v) is 11.1. The number of alkyl halides is 6. The van der Waals surface area contributed by atoms with E-state index in [9.17, 15) is 43.2 Å². The van der Waals surface area contributed by atoms with E-state index in [1.54, 1.807) is 0 Å². The van der Waals surface area contributed by atoms with Crippen LogP contribution in [0.15, 0.2) is 60.7 Å². The molecular formula is C18H12F6O4S2. The third-order valence-corrected chi connectivity index (χ3v) is 9.72. The van der Waals surface area contributed by atoms with E-state index < -0.39 is 46.8 Å². The lowest BCUT2D eigenvalue weighted by Crippen LogP contribution is -2.60. The van der Waals surface area contributed by atoms with Crippen molar-refractivity contribution in [2.24, 2.45) is 0 Å². The molecule has 162 valence electrons. The van der Waals surface area contributed by atoms with E-state index in [2.05, 4.69) is 0 Å². The summed E-state index contributed by atoms with van der Waals surface area (Å²) < 4.78 is 126. The van der Waals surface area contributed by atoms with Gasteiger partial charge in [0.2, 0.25) is 4.08 Å². The molecule has 0 spiro atoms. The van der Waals surface area contributed by atoms with Crippen molar-refractivity contribution in [3.8, 4) is 0 Å². The quantitative estimate of drug-likeness (QED) is 0.615. The van der Waals surface area contributed by atoms with Crippen LogP contribution in [0.25, 0.3) is 11.1 Å². The zero-order valence-electron chi connectivity index (χ0n) is 14.7. The first-order valence-electron chi connectivity index (χ1n) is 8.15. The Kier molecular flexibility index (Phi) is 5.10. The number of sulfone groups is 2. The molecule has 0 saturated heterocycles. The van der Waals surface area contributed by atoms with Crippen LogP contribution in [-0.2, 0) is 19.7 Å². The molecular weight excluding hydrogens is 458 g/mol. The van der Waals surface area contributed by atoms with E-state index in [1.807, 2.05) is 0 Å². The van der Waals surface area contributed by atoms with E-state index in [0.717, 1.165) is 12.1 Å². The molecule has 0 saturated carbocycles. The number of hydrogen-bond acceptors (Lipinski definition) is 4. The maximum Gasteiger partial charge on any atom is 0.499 e. The molecule has 1 aliphatic carbocycles. The van der Waals surface area contributed by atoms with E-state index in [4.69, 9.17) is 0 Å². The Balaban J connectivity index is 2.50. The fraction of sp³-hybridized carbons (Fsp3) is 0.222. The number of halogens is 6. The molecule has 0 N–H and O–H groups in total. The SMILES string of the molecule is O=S(=O)(C(F)(F)F)C1(S(=O)(=O)C(F)(F)F)CC(c2ccccc2)=C1c1ccccc1. The van der Waals surface area contributed by atoms with Crippen molar-refractivity contribution in [2.45, 2.75) is 21.5 Å². The molecule has 0 heterocycles. The highest BCUT2D eigenvalue weighted by atomic mass is 32.3. The lowest BCUT2D eigenvalue weighted by molar-refractivity contribution is -0.0483. The fourth-order valence-corrected chi connectivity index (χ4v) is 7.55. The van der Waals surface area contributed by atoms with Gasteiger partial charge in [-0.05, 0) is 16.7 Å². The minimum atomic E-state index is -6.85. The molecule has 0 amide bonds. The van der Waals surface area contributed by atoms with Crippen LogP contribution in [-0.4, -0.2) is 31.9 Å². The first kappa shape index (κ1) is 22.3. The molecule has 2 aromatic carbocycles. The van der Waals surface area contributed by atoms with Crippen molar-refractivity contribution in [1.82, 2.24) is 0 Å². The zero-order valence-corrected chi connectivity index (χ0v) is 16.3. The monoisotopic (exact) mass is 470 g/mol. The standard InChI is InChI=1S/C18H12F6O4S2/c19-17(20,21)29(25,26)16(30(27,28)18(22,23)24)11-14(12-7-3-1-4-8-12)15(16)13-9-5-2-6-10-13/h1-10H,11H2. The lowest BCUT2D eigenvalue weighted by Gasteiger charge is -2.44. The Labute approximate surface area is 167 Å². The second-order valence-corrected chi connectivity index (χ2v) is 11.0.